The predicted molar refractivity (Wildman–Crippen MR) is 227 cm³/mol. The van der Waals surface area contributed by atoms with Crippen molar-refractivity contribution in [3.05, 3.63) is 247 Å². The van der Waals surface area contributed by atoms with Crippen molar-refractivity contribution in [1.82, 2.24) is 0 Å². The lowest BCUT2D eigenvalue weighted by Gasteiger charge is -2.35. The second kappa shape index (κ2) is 13.2. The van der Waals surface area contributed by atoms with Crippen LogP contribution in [0.4, 0.5) is 17.1 Å². The fraction of sp³-hybridized carbons (Fsp3) is 0.0189. The van der Waals surface area contributed by atoms with Crippen LogP contribution in [-0.2, 0) is 5.41 Å². The molecule has 0 amide bonds. The van der Waals surface area contributed by atoms with Crippen molar-refractivity contribution in [3.63, 3.8) is 0 Å². The molecule has 0 fully saturated rings. The molecule has 0 unspecified atom stereocenters. The molecule has 1 nitrogen and oxygen atoms in total. The Morgan fingerprint density at radius 3 is 1.67 bits per heavy atom. The lowest BCUT2D eigenvalue weighted by atomic mass is 9.67. The second-order valence-electron chi connectivity index (χ2n) is 13.8. The smallest absolute Gasteiger partial charge is 0.0714 e. The van der Waals surface area contributed by atoms with E-state index in [0.29, 0.717) is 5.56 Å². The van der Waals surface area contributed by atoms with E-state index in [2.05, 4.69) is 140 Å². The summed E-state index contributed by atoms with van der Waals surface area (Å²) in [4.78, 5) is 1.92. The van der Waals surface area contributed by atoms with Crippen LogP contribution in [0.3, 0.4) is 0 Å². The van der Waals surface area contributed by atoms with Crippen molar-refractivity contribution in [2.75, 3.05) is 4.90 Å². The quantitative estimate of drug-likeness (QED) is 0.161. The van der Waals surface area contributed by atoms with Crippen molar-refractivity contribution < 1.29 is 5.48 Å². The molecule has 254 valence electrons. The summed E-state index contributed by atoms with van der Waals surface area (Å²) >= 11 is 0. The minimum atomic E-state index is -0.674. The number of benzene rings is 9. The second-order valence-corrected chi connectivity index (χ2v) is 13.8. The molecule has 1 aliphatic rings. The zero-order chi connectivity index (χ0) is 39.4. The first-order valence-corrected chi connectivity index (χ1v) is 18.4. The van der Waals surface area contributed by atoms with Gasteiger partial charge >= 0.3 is 0 Å². The Bertz CT molecular complexity index is 2920. The molecule has 54 heavy (non-hydrogen) atoms. The van der Waals surface area contributed by atoms with Crippen molar-refractivity contribution in [1.29, 1.82) is 0 Å². The molecule has 0 saturated carbocycles. The van der Waals surface area contributed by atoms with Crippen LogP contribution < -0.4 is 4.90 Å². The van der Waals surface area contributed by atoms with Crippen molar-refractivity contribution in [2.24, 2.45) is 0 Å². The highest BCUT2D eigenvalue weighted by molar-refractivity contribution is 5.98. The average molecular weight is 692 g/mol. The van der Waals surface area contributed by atoms with Crippen molar-refractivity contribution >= 4 is 27.8 Å². The van der Waals surface area contributed by atoms with Gasteiger partial charge in [0, 0.05) is 17.1 Å². The average Bonchev–Trinajstić information content (AvgIpc) is 3.58. The fourth-order valence-electron chi connectivity index (χ4n) is 8.44. The Kier molecular flexibility index (Phi) is 6.77. The number of hydrogen-bond donors (Lipinski definition) is 0. The standard InChI is InChI=1S/C53H37N/c1-4-16-38(17-5-1)39-30-32-44(33-31-39)54(45-25-14-20-41(36-45)48-28-15-19-40-18-10-11-26-47(40)48)46-34-35-50-49-27-12-13-29-51(49)53(52(50)37-46,42-21-6-2-7-22-42)43-23-8-3-9-24-43/h1-37H/i30D,31D,32D,33D. The molecule has 10 rings (SSSR count). The van der Waals surface area contributed by atoms with E-state index in [1.165, 1.54) is 5.56 Å². The topological polar surface area (TPSA) is 3.24 Å². The summed E-state index contributed by atoms with van der Waals surface area (Å²) in [6.45, 7) is 0. The van der Waals surface area contributed by atoms with Gasteiger partial charge in [0.2, 0.25) is 0 Å². The van der Waals surface area contributed by atoms with Crippen LogP contribution in [-0.4, -0.2) is 0 Å². The third-order valence-corrected chi connectivity index (χ3v) is 10.8. The molecule has 0 bridgehead atoms. The summed E-state index contributed by atoms with van der Waals surface area (Å²) in [5.41, 5.74) is 10.7. The van der Waals surface area contributed by atoms with Gasteiger partial charge in [0.05, 0.1) is 10.9 Å². The zero-order valence-electron chi connectivity index (χ0n) is 33.5. The Labute approximate surface area is 322 Å². The molecule has 9 aromatic carbocycles. The van der Waals surface area contributed by atoms with E-state index < -0.39 is 5.41 Å². The maximum Gasteiger partial charge on any atom is 0.0714 e. The summed E-state index contributed by atoms with van der Waals surface area (Å²) < 4.78 is 38.1. The van der Waals surface area contributed by atoms with Crippen LogP contribution >= 0.6 is 0 Å². The summed E-state index contributed by atoms with van der Waals surface area (Å²) in [6.07, 6.45) is 0. The van der Waals surface area contributed by atoms with E-state index in [9.17, 15) is 5.48 Å². The fourth-order valence-corrected chi connectivity index (χ4v) is 8.44. The predicted octanol–water partition coefficient (Wildman–Crippen LogP) is 14.0. The number of rotatable bonds is 7. The van der Waals surface area contributed by atoms with Crippen LogP contribution in [0.2, 0.25) is 0 Å². The van der Waals surface area contributed by atoms with Crippen molar-refractivity contribution in [2.45, 2.75) is 5.41 Å². The van der Waals surface area contributed by atoms with Gasteiger partial charge in [-0.15, -0.1) is 0 Å². The van der Waals surface area contributed by atoms with Crippen LogP contribution in [0.15, 0.2) is 224 Å². The Morgan fingerprint density at radius 2 is 0.907 bits per heavy atom. The number of nitrogens with zero attached hydrogens (tertiary/aromatic N) is 1. The molecule has 9 aromatic rings. The SMILES string of the molecule is [2H]c1c([2H])c(N(c2cccc(-c3cccc4ccccc34)c2)c2ccc3c(c2)C(c2ccccc2)(c2ccccc2)c2ccccc2-3)c([2H])c([2H])c1-c1ccccc1. The molecule has 0 saturated heterocycles. The first-order valence-electron chi connectivity index (χ1n) is 20.4. The van der Waals surface area contributed by atoms with E-state index in [0.717, 1.165) is 61.1 Å². The molecule has 0 atom stereocenters. The summed E-state index contributed by atoms with van der Waals surface area (Å²) in [5, 5.41) is 2.26. The lowest BCUT2D eigenvalue weighted by Crippen LogP contribution is -2.28. The largest absolute Gasteiger partial charge is 0.310 e. The molecule has 1 heteroatoms. The molecule has 0 N–H and O–H groups in total. The summed E-state index contributed by atoms with van der Waals surface area (Å²) in [5.74, 6) is 0. The normalized spacial score (nSPS) is 13.6. The van der Waals surface area contributed by atoms with Crippen LogP contribution in [0.5, 0.6) is 0 Å². The molecule has 1 aliphatic carbocycles. The monoisotopic (exact) mass is 691 g/mol. The Balaban J connectivity index is 1.27. The Morgan fingerprint density at radius 1 is 0.352 bits per heavy atom. The van der Waals surface area contributed by atoms with Gasteiger partial charge in [-0.25, -0.2) is 0 Å². The van der Waals surface area contributed by atoms with Crippen LogP contribution in [0.25, 0.3) is 44.2 Å². The molecule has 0 heterocycles. The van der Waals surface area contributed by atoms with Gasteiger partial charge in [0.15, 0.2) is 0 Å². The summed E-state index contributed by atoms with van der Waals surface area (Å²) in [6, 6.07) is 68.0. The maximum atomic E-state index is 9.65. The summed E-state index contributed by atoms with van der Waals surface area (Å²) in [7, 11) is 0. The van der Waals surface area contributed by atoms with Gasteiger partial charge in [0.1, 0.15) is 0 Å². The van der Waals surface area contributed by atoms with Gasteiger partial charge in [-0.2, -0.15) is 0 Å². The van der Waals surface area contributed by atoms with Gasteiger partial charge in [-0.1, -0.05) is 188 Å². The highest BCUT2D eigenvalue weighted by Crippen LogP contribution is 2.57. The van der Waals surface area contributed by atoms with E-state index in [1.807, 2.05) is 65.6 Å². The molecule has 0 aromatic heterocycles. The zero-order valence-corrected chi connectivity index (χ0v) is 29.5. The molecule has 0 spiro atoms. The van der Waals surface area contributed by atoms with Gasteiger partial charge in [-0.3, -0.25) is 0 Å². The van der Waals surface area contributed by atoms with Gasteiger partial charge in [-0.05, 0) is 103 Å². The van der Waals surface area contributed by atoms with Gasteiger partial charge in [0.25, 0.3) is 0 Å². The van der Waals surface area contributed by atoms with Crippen LogP contribution in [0, 0.1) is 0 Å². The van der Waals surface area contributed by atoms with E-state index in [1.54, 1.807) is 0 Å². The molecule has 0 aliphatic heterocycles. The number of fused-ring (bicyclic) bond motifs is 4. The minimum absolute atomic E-state index is 0.0890. The minimum Gasteiger partial charge on any atom is -0.310 e. The number of anilines is 3. The molecular formula is C53H37N. The highest BCUT2D eigenvalue weighted by Gasteiger charge is 2.46. The highest BCUT2D eigenvalue weighted by atomic mass is 15.1. The Hall–Kier alpha value is -6.96. The molecular weight excluding hydrogens is 651 g/mol. The van der Waals surface area contributed by atoms with E-state index in [-0.39, 0.29) is 35.4 Å². The van der Waals surface area contributed by atoms with E-state index in [4.69, 9.17) is 0 Å². The first-order chi connectivity index (χ1) is 28.5. The van der Waals surface area contributed by atoms with Crippen LogP contribution in [0.1, 0.15) is 27.7 Å². The lowest BCUT2D eigenvalue weighted by molar-refractivity contribution is 0.768. The number of hydrogen-bond acceptors (Lipinski definition) is 1. The third-order valence-electron chi connectivity index (χ3n) is 10.8. The van der Waals surface area contributed by atoms with E-state index >= 15 is 0 Å². The van der Waals surface area contributed by atoms with Gasteiger partial charge < -0.3 is 4.90 Å². The molecule has 0 radical (unpaired) electrons. The van der Waals surface area contributed by atoms with Crippen molar-refractivity contribution in [3.8, 4) is 33.4 Å². The first kappa shape index (κ1) is 27.7. The third kappa shape index (κ3) is 5.17. The maximum absolute atomic E-state index is 9.65.